The molecule has 0 aliphatic heterocycles. The minimum Gasteiger partial charge on any atom is -0.377 e. The lowest BCUT2D eigenvalue weighted by molar-refractivity contribution is 0.00479. The predicted octanol–water partition coefficient (Wildman–Crippen LogP) is 0.730. The van der Waals surface area contributed by atoms with Crippen molar-refractivity contribution in [2.75, 3.05) is 7.11 Å². The average Bonchev–Trinajstić information content (AvgIpc) is 2.36. The molecule has 1 heterocycles. The summed E-state index contributed by atoms with van der Waals surface area (Å²) in [6.07, 6.45) is 0. The van der Waals surface area contributed by atoms with Gasteiger partial charge in [-0.05, 0) is 13.8 Å². The number of ether oxygens (including phenoxy) is 1. The summed E-state index contributed by atoms with van der Waals surface area (Å²) in [4.78, 5) is 11.0. The number of nitrogens with zero attached hydrogens (tertiary/aromatic N) is 2. The van der Waals surface area contributed by atoms with Crippen molar-refractivity contribution in [3.8, 4) is 0 Å². The van der Waals surface area contributed by atoms with Gasteiger partial charge in [-0.15, -0.1) is 0 Å². The largest absolute Gasteiger partial charge is 0.377 e. The molecule has 4 nitrogen and oxygen atoms in total. The van der Waals surface area contributed by atoms with E-state index in [1.54, 1.807) is 7.11 Å². The molecule has 0 saturated heterocycles. The van der Waals surface area contributed by atoms with Crippen LogP contribution in [0.5, 0.6) is 0 Å². The molecule has 0 aromatic carbocycles. The maximum Gasteiger partial charge on any atom is 0.324 e. The molecule has 0 unspecified atom stereocenters. The van der Waals surface area contributed by atoms with Crippen LogP contribution < -0.4 is 4.87 Å². The van der Waals surface area contributed by atoms with Crippen LogP contribution in [0.4, 0.5) is 0 Å². The van der Waals surface area contributed by atoms with E-state index in [1.807, 2.05) is 13.8 Å². The third kappa shape index (κ3) is 2.15. The zero-order valence-corrected chi connectivity index (χ0v) is 8.22. The van der Waals surface area contributed by atoms with E-state index in [4.69, 9.17) is 4.74 Å². The Morgan fingerprint density at radius 1 is 1.75 bits per heavy atom. The second-order valence-electron chi connectivity index (χ2n) is 3.13. The van der Waals surface area contributed by atoms with E-state index in [0.29, 0.717) is 6.54 Å². The SMILES string of the molecule is COC(C)(C)Cn1ncsc1=O. The van der Waals surface area contributed by atoms with Crippen LogP contribution in [-0.2, 0) is 11.3 Å². The average molecular weight is 188 g/mol. The topological polar surface area (TPSA) is 44.1 Å². The molecule has 1 aromatic rings. The standard InChI is InChI=1S/C7H12N2O2S/c1-7(2,11-3)4-9-6(10)12-5-8-9/h5H,4H2,1-3H3. The van der Waals surface area contributed by atoms with Gasteiger partial charge >= 0.3 is 4.87 Å². The summed E-state index contributed by atoms with van der Waals surface area (Å²) in [5, 5.41) is 3.89. The van der Waals surface area contributed by atoms with E-state index in [1.165, 1.54) is 10.2 Å². The van der Waals surface area contributed by atoms with Crippen molar-refractivity contribution in [1.29, 1.82) is 0 Å². The molecule has 0 bridgehead atoms. The van der Waals surface area contributed by atoms with Crippen molar-refractivity contribution in [2.24, 2.45) is 0 Å². The van der Waals surface area contributed by atoms with Crippen molar-refractivity contribution in [3.63, 3.8) is 0 Å². The van der Waals surface area contributed by atoms with Crippen LogP contribution in [0.3, 0.4) is 0 Å². The molecule has 0 N–H and O–H groups in total. The summed E-state index contributed by atoms with van der Waals surface area (Å²) in [6.45, 7) is 4.32. The smallest absolute Gasteiger partial charge is 0.324 e. The molecule has 1 rings (SSSR count). The zero-order valence-electron chi connectivity index (χ0n) is 7.40. The summed E-state index contributed by atoms with van der Waals surface area (Å²) >= 11 is 1.10. The normalized spacial score (nSPS) is 11.9. The molecule has 12 heavy (non-hydrogen) atoms. The maximum absolute atomic E-state index is 11.1. The first-order chi connectivity index (χ1) is 5.55. The summed E-state index contributed by atoms with van der Waals surface area (Å²) in [5.74, 6) is 0. The Kier molecular flexibility index (Phi) is 2.64. The van der Waals surface area contributed by atoms with Crippen LogP contribution in [-0.4, -0.2) is 22.5 Å². The third-order valence-corrected chi connectivity index (χ3v) is 2.25. The molecule has 0 aliphatic rings. The number of hydrogen-bond acceptors (Lipinski definition) is 4. The minimum absolute atomic E-state index is 0.0416. The van der Waals surface area contributed by atoms with Gasteiger partial charge in [0.2, 0.25) is 0 Å². The Morgan fingerprint density at radius 2 is 2.42 bits per heavy atom. The van der Waals surface area contributed by atoms with E-state index in [-0.39, 0.29) is 10.5 Å². The van der Waals surface area contributed by atoms with Gasteiger partial charge in [-0.1, -0.05) is 11.3 Å². The van der Waals surface area contributed by atoms with Crippen molar-refractivity contribution in [2.45, 2.75) is 26.0 Å². The van der Waals surface area contributed by atoms with Gasteiger partial charge in [-0.2, -0.15) is 5.10 Å². The predicted molar refractivity (Wildman–Crippen MR) is 47.5 cm³/mol. The van der Waals surface area contributed by atoms with Gasteiger partial charge in [0.05, 0.1) is 12.1 Å². The number of methoxy groups -OCH3 is 1. The van der Waals surface area contributed by atoms with Gasteiger partial charge in [0, 0.05) is 7.11 Å². The maximum atomic E-state index is 11.1. The first-order valence-corrected chi connectivity index (χ1v) is 4.49. The molecular weight excluding hydrogens is 176 g/mol. The Hall–Kier alpha value is -0.680. The summed E-state index contributed by atoms with van der Waals surface area (Å²) < 4.78 is 6.58. The lowest BCUT2D eigenvalue weighted by Gasteiger charge is -2.21. The molecular formula is C7H12N2O2S. The fourth-order valence-electron chi connectivity index (χ4n) is 0.764. The summed E-state index contributed by atoms with van der Waals surface area (Å²) in [5.41, 5.74) is 1.20. The van der Waals surface area contributed by atoms with E-state index in [9.17, 15) is 4.79 Å². The van der Waals surface area contributed by atoms with E-state index in [2.05, 4.69) is 5.10 Å². The molecule has 5 heteroatoms. The van der Waals surface area contributed by atoms with Crippen molar-refractivity contribution >= 4 is 11.3 Å². The molecule has 0 aliphatic carbocycles. The van der Waals surface area contributed by atoms with Crippen LogP contribution in [0.15, 0.2) is 10.3 Å². The molecule has 0 atom stereocenters. The zero-order chi connectivity index (χ0) is 9.19. The van der Waals surface area contributed by atoms with Crippen LogP contribution in [0, 0.1) is 0 Å². The second-order valence-corrected chi connectivity index (χ2v) is 3.92. The van der Waals surface area contributed by atoms with Crippen molar-refractivity contribution in [3.05, 3.63) is 15.2 Å². The lowest BCUT2D eigenvalue weighted by atomic mass is 10.1. The molecule has 0 fully saturated rings. The monoisotopic (exact) mass is 188 g/mol. The Balaban J connectivity index is 2.77. The number of rotatable bonds is 3. The second kappa shape index (κ2) is 3.37. The lowest BCUT2D eigenvalue weighted by Crippen LogP contribution is -2.33. The van der Waals surface area contributed by atoms with Crippen molar-refractivity contribution < 1.29 is 4.74 Å². The van der Waals surface area contributed by atoms with Crippen LogP contribution >= 0.6 is 11.3 Å². The quantitative estimate of drug-likeness (QED) is 0.702. The van der Waals surface area contributed by atoms with Gasteiger partial charge < -0.3 is 4.74 Å². The van der Waals surface area contributed by atoms with Crippen LogP contribution in [0.1, 0.15) is 13.8 Å². The van der Waals surface area contributed by atoms with Gasteiger partial charge in [0.25, 0.3) is 0 Å². The van der Waals surface area contributed by atoms with Gasteiger partial charge in [0.1, 0.15) is 5.51 Å². The summed E-state index contributed by atoms with van der Waals surface area (Å²) in [7, 11) is 1.62. The first kappa shape index (κ1) is 9.41. The fourth-order valence-corrected chi connectivity index (χ4v) is 1.25. The fraction of sp³-hybridized carbons (Fsp3) is 0.714. The molecule has 1 aromatic heterocycles. The molecule has 0 radical (unpaired) electrons. The highest BCUT2D eigenvalue weighted by molar-refractivity contribution is 7.06. The molecule has 0 saturated carbocycles. The van der Waals surface area contributed by atoms with Crippen molar-refractivity contribution in [1.82, 2.24) is 9.78 Å². The van der Waals surface area contributed by atoms with Crippen LogP contribution in [0.25, 0.3) is 0 Å². The van der Waals surface area contributed by atoms with Gasteiger partial charge in [0.15, 0.2) is 0 Å². The highest BCUT2D eigenvalue weighted by atomic mass is 32.1. The van der Waals surface area contributed by atoms with Gasteiger partial charge in [-0.25, -0.2) is 4.68 Å². The number of hydrogen-bond donors (Lipinski definition) is 0. The molecule has 68 valence electrons. The van der Waals surface area contributed by atoms with Crippen LogP contribution in [0.2, 0.25) is 0 Å². The van der Waals surface area contributed by atoms with E-state index >= 15 is 0 Å². The number of aromatic nitrogens is 2. The highest BCUT2D eigenvalue weighted by Crippen LogP contribution is 2.08. The molecule has 0 amide bonds. The van der Waals surface area contributed by atoms with E-state index in [0.717, 1.165) is 11.3 Å². The first-order valence-electron chi connectivity index (χ1n) is 3.61. The summed E-state index contributed by atoms with van der Waals surface area (Å²) in [6, 6.07) is 0. The Bertz CT molecular complexity index is 302. The highest BCUT2D eigenvalue weighted by Gasteiger charge is 2.18. The third-order valence-electron chi connectivity index (χ3n) is 1.63. The Morgan fingerprint density at radius 3 is 2.83 bits per heavy atom. The molecule has 0 spiro atoms. The Labute approximate surface area is 74.8 Å². The minimum atomic E-state index is -0.335. The van der Waals surface area contributed by atoms with Gasteiger partial charge in [-0.3, -0.25) is 4.79 Å². The van der Waals surface area contributed by atoms with E-state index < -0.39 is 0 Å².